The second-order valence-corrected chi connectivity index (χ2v) is 9.75. The summed E-state index contributed by atoms with van der Waals surface area (Å²) in [5, 5.41) is 2.97. The molecule has 1 amide bonds. The monoisotopic (exact) mass is 450 g/mol. The van der Waals surface area contributed by atoms with Crippen molar-refractivity contribution in [2.45, 2.75) is 31.6 Å². The molecule has 0 bridgehead atoms. The summed E-state index contributed by atoms with van der Waals surface area (Å²) in [5.74, 6) is -0.483. The maximum absolute atomic E-state index is 12.9. The minimum absolute atomic E-state index is 0.126. The van der Waals surface area contributed by atoms with Crippen molar-refractivity contribution in [3.8, 4) is 0 Å². The van der Waals surface area contributed by atoms with Gasteiger partial charge in [0.1, 0.15) is 0 Å². The lowest BCUT2D eigenvalue weighted by Gasteiger charge is -2.31. The number of aryl methyl sites for hydroxylation is 1. The van der Waals surface area contributed by atoms with Gasteiger partial charge in [-0.25, -0.2) is 8.42 Å². The van der Waals surface area contributed by atoms with Gasteiger partial charge in [0.2, 0.25) is 15.9 Å². The number of amides is 1. The summed E-state index contributed by atoms with van der Waals surface area (Å²) in [7, 11) is -3.60. The molecule has 0 aliphatic carbocycles. The lowest BCUT2D eigenvalue weighted by molar-refractivity contribution is -0.120. The van der Waals surface area contributed by atoms with E-state index in [0.717, 1.165) is 21.3 Å². The van der Waals surface area contributed by atoms with Crippen molar-refractivity contribution in [2.75, 3.05) is 18.4 Å². The fraction of sp³-hybridized carbons (Fsp3) is 0.350. The number of rotatable bonds is 4. The lowest BCUT2D eigenvalue weighted by atomic mass is 9.98. The summed E-state index contributed by atoms with van der Waals surface area (Å²) in [6.45, 7) is 4.61. The van der Waals surface area contributed by atoms with Gasteiger partial charge in [0.25, 0.3) is 0 Å². The summed E-state index contributed by atoms with van der Waals surface area (Å²) in [4.78, 5) is 13.0. The molecule has 144 valence electrons. The van der Waals surface area contributed by atoms with Crippen molar-refractivity contribution < 1.29 is 13.2 Å². The Labute approximate surface area is 169 Å². The van der Waals surface area contributed by atoms with E-state index < -0.39 is 10.0 Å². The molecule has 0 unspecified atom stereocenters. The Morgan fingerprint density at radius 1 is 1.15 bits per heavy atom. The second kappa shape index (κ2) is 8.12. The predicted octanol–water partition coefficient (Wildman–Crippen LogP) is 4.11. The fourth-order valence-electron chi connectivity index (χ4n) is 3.25. The third kappa shape index (κ3) is 4.42. The van der Waals surface area contributed by atoms with Gasteiger partial charge in [0, 0.05) is 23.2 Å². The zero-order valence-electron chi connectivity index (χ0n) is 15.4. The summed E-state index contributed by atoms with van der Waals surface area (Å²) in [6.07, 6.45) is 1.35. The number of carbonyl (C=O) groups excluding carboxylic acids is 1. The molecule has 1 atom stereocenters. The van der Waals surface area contributed by atoms with E-state index in [1.165, 1.54) is 4.31 Å². The number of hydrogen-bond donors (Lipinski definition) is 1. The smallest absolute Gasteiger partial charge is 0.243 e. The van der Waals surface area contributed by atoms with Gasteiger partial charge in [-0.15, -0.1) is 0 Å². The zero-order chi connectivity index (χ0) is 19.6. The number of hydrogen-bond acceptors (Lipinski definition) is 3. The molecule has 1 fully saturated rings. The molecule has 1 saturated heterocycles. The first-order valence-electron chi connectivity index (χ1n) is 8.92. The first kappa shape index (κ1) is 20.0. The minimum Gasteiger partial charge on any atom is -0.326 e. The summed E-state index contributed by atoms with van der Waals surface area (Å²) in [6, 6.07) is 12.4. The number of sulfonamides is 1. The quantitative estimate of drug-likeness (QED) is 0.761. The number of nitrogens with one attached hydrogen (secondary N) is 1. The molecule has 5 nitrogen and oxygen atoms in total. The predicted molar refractivity (Wildman–Crippen MR) is 110 cm³/mol. The van der Waals surface area contributed by atoms with Gasteiger partial charge in [-0.3, -0.25) is 4.79 Å². The zero-order valence-corrected chi connectivity index (χ0v) is 17.8. The van der Waals surface area contributed by atoms with E-state index in [4.69, 9.17) is 0 Å². The van der Waals surface area contributed by atoms with Crippen LogP contribution in [0.5, 0.6) is 0 Å². The van der Waals surface area contributed by atoms with Crippen LogP contribution < -0.4 is 5.32 Å². The molecule has 0 aromatic heterocycles. The molecular weight excluding hydrogens is 428 g/mol. The standard InChI is InChI=1S/C20H23BrN2O3S/c1-14-5-3-7-19(15(14)2)22-20(24)16-6-4-12-23(13-16)27(25,26)18-10-8-17(21)9-11-18/h3,5,7-11,16H,4,6,12-13H2,1-2H3,(H,22,24)/t16-/m1/s1. The highest BCUT2D eigenvalue weighted by atomic mass is 79.9. The Hall–Kier alpha value is -1.70. The average molecular weight is 451 g/mol. The number of nitrogens with zero attached hydrogens (tertiary/aromatic N) is 1. The van der Waals surface area contributed by atoms with E-state index in [1.807, 2.05) is 32.0 Å². The van der Waals surface area contributed by atoms with Gasteiger partial charge < -0.3 is 5.32 Å². The SMILES string of the molecule is Cc1cccc(NC(=O)[C@@H]2CCCN(S(=O)(=O)c3ccc(Br)cc3)C2)c1C. The average Bonchev–Trinajstić information content (AvgIpc) is 2.66. The Morgan fingerprint density at radius 3 is 2.56 bits per heavy atom. The molecule has 0 radical (unpaired) electrons. The highest BCUT2D eigenvalue weighted by molar-refractivity contribution is 9.10. The molecule has 1 N–H and O–H groups in total. The first-order chi connectivity index (χ1) is 12.8. The molecule has 1 aliphatic heterocycles. The van der Waals surface area contributed by atoms with E-state index in [0.29, 0.717) is 19.4 Å². The van der Waals surface area contributed by atoms with Crippen molar-refractivity contribution in [1.29, 1.82) is 0 Å². The number of carbonyl (C=O) groups is 1. The third-order valence-electron chi connectivity index (χ3n) is 5.07. The lowest BCUT2D eigenvalue weighted by Crippen LogP contribution is -2.43. The van der Waals surface area contributed by atoms with E-state index in [-0.39, 0.29) is 23.3 Å². The summed E-state index contributed by atoms with van der Waals surface area (Å²) >= 11 is 3.32. The minimum atomic E-state index is -3.60. The summed E-state index contributed by atoms with van der Waals surface area (Å²) in [5.41, 5.74) is 2.92. The fourth-order valence-corrected chi connectivity index (χ4v) is 5.04. The van der Waals surface area contributed by atoms with Crippen LogP contribution in [0.2, 0.25) is 0 Å². The van der Waals surface area contributed by atoms with Crippen LogP contribution in [0, 0.1) is 19.8 Å². The Kier molecular flexibility index (Phi) is 6.03. The first-order valence-corrected chi connectivity index (χ1v) is 11.1. The number of halogens is 1. The molecule has 7 heteroatoms. The van der Waals surface area contributed by atoms with Crippen molar-refractivity contribution >= 4 is 37.5 Å². The molecule has 1 heterocycles. The molecule has 3 rings (SSSR count). The number of benzene rings is 2. The molecule has 27 heavy (non-hydrogen) atoms. The van der Waals surface area contributed by atoms with Crippen LogP contribution in [0.3, 0.4) is 0 Å². The molecule has 1 aliphatic rings. The van der Waals surface area contributed by atoms with Crippen molar-refractivity contribution in [3.05, 3.63) is 58.1 Å². The number of piperidine rings is 1. The highest BCUT2D eigenvalue weighted by Crippen LogP contribution is 2.26. The van der Waals surface area contributed by atoms with Gasteiger partial charge in [-0.05, 0) is 68.1 Å². The van der Waals surface area contributed by atoms with Gasteiger partial charge in [0.15, 0.2) is 0 Å². The van der Waals surface area contributed by atoms with Gasteiger partial charge in [-0.2, -0.15) is 4.31 Å². The van der Waals surface area contributed by atoms with Crippen molar-refractivity contribution in [1.82, 2.24) is 4.31 Å². The maximum atomic E-state index is 12.9. The van der Waals surface area contributed by atoms with Crippen LogP contribution in [0.4, 0.5) is 5.69 Å². The molecule has 0 saturated carbocycles. The Balaban J connectivity index is 1.74. The van der Waals surface area contributed by atoms with Crippen LogP contribution in [0.25, 0.3) is 0 Å². The molecular formula is C20H23BrN2O3S. The van der Waals surface area contributed by atoms with Crippen LogP contribution in [0.15, 0.2) is 51.8 Å². The van der Waals surface area contributed by atoms with Crippen molar-refractivity contribution in [3.63, 3.8) is 0 Å². The largest absolute Gasteiger partial charge is 0.326 e. The van der Waals surface area contributed by atoms with Crippen molar-refractivity contribution in [2.24, 2.45) is 5.92 Å². The van der Waals surface area contributed by atoms with Crippen LogP contribution in [-0.4, -0.2) is 31.7 Å². The second-order valence-electron chi connectivity index (χ2n) is 6.89. The Morgan fingerprint density at radius 2 is 1.85 bits per heavy atom. The maximum Gasteiger partial charge on any atom is 0.243 e. The number of anilines is 1. The van der Waals surface area contributed by atoms with E-state index >= 15 is 0 Å². The van der Waals surface area contributed by atoms with E-state index in [1.54, 1.807) is 24.3 Å². The van der Waals surface area contributed by atoms with Crippen LogP contribution in [0.1, 0.15) is 24.0 Å². The van der Waals surface area contributed by atoms with E-state index in [2.05, 4.69) is 21.2 Å². The van der Waals surface area contributed by atoms with Crippen LogP contribution in [-0.2, 0) is 14.8 Å². The summed E-state index contributed by atoms with van der Waals surface area (Å²) < 4.78 is 28.1. The van der Waals surface area contributed by atoms with E-state index in [9.17, 15) is 13.2 Å². The molecule has 2 aromatic carbocycles. The molecule has 0 spiro atoms. The third-order valence-corrected chi connectivity index (χ3v) is 7.48. The van der Waals surface area contributed by atoms with Gasteiger partial charge in [0.05, 0.1) is 10.8 Å². The van der Waals surface area contributed by atoms with Crippen LogP contribution >= 0.6 is 15.9 Å². The highest BCUT2D eigenvalue weighted by Gasteiger charge is 2.33. The Bertz CT molecular complexity index is 942. The van der Waals surface area contributed by atoms with Gasteiger partial charge in [-0.1, -0.05) is 28.1 Å². The topological polar surface area (TPSA) is 66.5 Å². The molecule has 2 aromatic rings. The normalized spacial score (nSPS) is 18.3. The van der Waals surface area contributed by atoms with Gasteiger partial charge >= 0.3 is 0 Å².